The maximum absolute atomic E-state index is 0. The van der Waals surface area contributed by atoms with Gasteiger partial charge in [0.15, 0.2) is 0 Å². The van der Waals surface area contributed by atoms with Gasteiger partial charge in [-0.25, -0.2) is 0 Å². The van der Waals surface area contributed by atoms with E-state index in [2.05, 4.69) is 0 Å². The van der Waals surface area contributed by atoms with Gasteiger partial charge < -0.3 is 1.43 Å². The van der Waals surface area contributed by atoms with E-state index in [1.165, 1.54) is 0 Å². The molecule has 0 aromatic rings. The fraction of sp³-hybridized carbons (Fsp3) is 0. The first-order chi connectivity index (χ1) is 0. The average molecular weight is 217 g/mol. The molecule has 45 valence electrons. The van der Waals surface area contributed by atoms with Crippen molar-refractivity contribution in [3.8, 4) is 0 Å². The van der Waals surface area contributed by atoms with Crippen LogP contribution in [0.5, 0.6) is 0 Å². The van der Waals surface area contributed by atoms with Gasteiger partial charge in [-0.3, -0.25) is 0 Å². The fourth-order valence-corrected chi connectivity index (χ4v) is 0. The molecule has 0 aromatic heterocycles. The van der Waals surface area contributed by atoms with Crippen LogP contribution in [0.4, 0.5) is 0 Å². The first-order valence-electron chi connectivity index (χ1n) is 0. The van der Waals surface area contributed by atoms with Gasteiger partial charge in [0.2, 0.25) is 0 Å². The average Bonchev–Trinajstić information content (AvgIpc) is 0. The first kappa shape index (κ1) is 84.5. The normalized spacial score (nSPS) is 0. The molecule has 0 aliphatic heterocycles. The molecular formula is H5Cl4CuLi. The Balaban J connectivity index is 0. The number of rotatable bonds is 0. The molecule has 0 amide bonds. The Hall–Kier alpha value is 2.28. The molecular weight excluding hydrogens is 212 g/mol. The third kappa shape index (κ3) is 33.7. The molecule has 0 nitrogen and oxygen atoms in total. The Labute approximate surface area is 86.4 Å². The molecule has 0 atom stereocenters. The Morgan fingerprint density at radius 1 is 0.667 bits per heavy atom. The van der Waals surface area contributed by atoms with Crippen molar-refractivity contribution < 1.29 is 37.4 Å². The number of halogens is 4. The zero-order valence-electron chi connectivity index (χ0n) is 3.93. The van der Waals surface area contributed by atoms with Crippen LogP contribution >= 0.6 is 49.6 Å². The number of hydrogen-bond acceptors (Lipinski definition) is 0. The summed E-state index contributed by atoms with van der Waals surface area (Å²) in [7, 11) is 0. The summed E-state index contributed by atoms with van der Waals surface area (Å²) in [4.78, 5) is 0. The van der Waals surface area contributed by atoms with E-state index in [-0.39, 0.29) is 87.0 Å². The van der Waals surface area contributed by atoms with Crippen LogP contribution < -0.4 is 18.9 Å². The molecule has 0 spiro atoms. The molecule has 0 heterocycles. The van der Waals surface area contributed by atoms with E-state index < -0.39 is 0 Å². The molecule has 0 fully saturated rings. The second kappa shape index (κ2) is 55.3. The van der Waals surface area contributed by atoms with Crippen LogP contribution in [0.15, 0.2) is 0 Å². The van der Waals surface area contributed by atoms with Gasteiger partial charge in [0, 0.05) is 17.1 Å². The van der Waals surface area contributed by atoms with E-state index in [0.717, 1.165) is 0 Å². The monoisotopic (exact) mass is 215 g/mol. The van der Waals surface area contributed by atoms with Crippen molar-refractivity contribution in [2.24, 2.45) is 0 Å². The van der Waals surface area contributed by atoms with Crippen LogP contribution in [0, 0.1) is 0 Å². The van der Waals surface area contributed by atoms with Crippen molar-refractivity contribution in [3.63, 3.8) is 0 Å². The van der Waals surface area contributed by atoms with Crippen molar-refractivity contribution >= 4 is 49.6 Å². The van der Waals surface area contributed by atoms with Crippen LogP contribution in [0.3, 0.4) is 0 Å². The van der Waals surface area contributed by atoms with Crippen LogP contribution in [-0.2, 0) is 17.1 Å². The van der Waals surface area contributed by atoms with E-state index >= 15 is 0 Å². The minimum atomic E-state index is 0. The smallest absolute Gasteiger partial charge is 1.00 e. The summed E-state index contributed by atoms with van der Waals surface area (Å²) in [6.45, 7) is 0. The molecule has 0 unspecified atom stereocenters. The van der Waals surface area contributed by atoms with Crippen molar-refractivity contribution in [2.75, 3.05) is 0 Å². The van der Waals surface area contributed by atoms with E-state index in [1.54, 1.807) is 0 Å². The standard InChI is InChI=1S/4ClH.Cu.Li.H/h4*1H;;;/q;;;;;+1;-1. The van der Waals surface area contributed by atoms with Crippen molar-refractivity contribution in [3.05, 3.63) is 0 Å². The second-order valence-corrected chi connectivity index (χ2v) is 0. The summed E-state index contributed by atoms with van der Waals surface area (Å²) in [5, 5.41) is 0. The quantitative estimate of drug-likeness (QED) is 0.447. The summed E-state index contributed by atoms with van der Waals surface area (Å²) in [6, 6.07) is 0. The maximum atomic E-state index is 0. The van der Waals surface area contributed by atoms with E-state index in [0.29, 0.717) is 0 Å². The molecule has 0 bridgehead atoms. The molecule has 0 saturated heterocycles. The molecule has 0 aliphatic rings. The van der Waals surface area contributed by atoms with Crippen LogP contribution in [-0.4, -0.2) is 0 Å². The van der Waals surface area contributed by atoms with Gasteiger partial charge in [-0.2, -0.15) is 0 Å². The summed E-state index contributed by atoms with van der Waals surface area (Å²) < 4.78 is 0. The van der Waals surface area contributed by atoms with Gasteiger partial charge in [-0.1, -0.05) is 0 Å². The minimum absolute atomic E-state index is 0. The van der Waals surface area contributed by atoms with Crippen molar-refractivity contribution in [1.82, 2.24) is 0 Å². The largest absolute Gasteiger partial charge is 1.00 e. The minimum Gasteiger partial charge on any atom is -1.00 e. The zero-order valence-corrected chi connectivity index (χ0v) is 7.14. The summed E-state index contributed by atoms with van der Waals surface area (Å²) in [5.41, 5.74) is 0. The number of hydrogen-bond donors (Lipinski definition) is 0. The summed E-state index contributed by atoms with van der Waals surface area (Å²) in [5.74, 6) is 0. The Morgan fingerprint density at radius 3 is 0.667 bits per heavy atom. The van der Waals surface area contributed by atoms with E-state index in [1.807, 2.05) is 0 Å². The van der Waals surface area contributed by atoms with Gasteiger partial charge in [-0.15, -0.1) is 49.6 Å². The molecule has 0 N–H and O–H groups in total. The molecule has 6 heteroatoms. The second-order valence-electron chi connectivity index (χ2n) is 0. The Kier molecular flexibility index (Phi) is 779. The van der Waals surface area contributed by atoms with Gasteiger partial charge >= 0.3 is 18.9 Å². The maximum Gasteiger partial charge on any atom is 1.00 e. The first-order valence-corrected chi connectivity index (χ1v) is 0. The third-order valence-corrected chi connectivity index (χ3v) is 0. The zero-order chi connectivity index (χ0) is 0. The predicted molar refractivity (Wildman–Crippen MR) is 30.1 cm³/mol. The SMILES string of the molecule is Cl.Cl.Cl.Cl.[Cu].[H-].[Li+]. The van der Waals surface area contributed by atoms with Crippen LogP contribution in [0.25, 0.3) is 0 Å². The predicted octanol–water partition coefficient (Wildman–Crippen LogP) is -1.20. The van der Waals surface area contributed by atoms with Gasteiger partial charge in [-0.05, 0) is 0 Å². The van der Waals surface area contributed by atoms with Crippen molar-refractivity contribution in [1.29, 1.82) is 0 Å². The molecule has 0 aromatic carbocycles. The van der Waals surface area contributed by atoms with Crippen LogP contribution in [0.2, 0.25) is 0 Å². The van der Waals surface area contributed by atoms with Gasteiger partial charge in [0.25, 0.3) is 0 Å². The van der Waals surface area contributed by atoms with Crippen molar-refractivity contribution in [2.45, 2.75) is 0 Å². The Morgan fingerprint density at radius 2 is 0.667 bits per heavy atom. The topological polar surface area (TPSA) is 0 Å². The van der Waals surface area contributed by atoms with Gasteiger partial charge in [0.05, 0.1) is 0 Å². The molecule has 0 saturated carbocycles. The molecule has 1 radical (unpaired) electrons. The third-order valence-electron chi connectivity index (χ3n) is 0. The van der Waals surface area contributed by atoms with E-state index in [9.17, 15) is 0 Å². The van der Waals surface area contributed by atoms with Gasteiger partial charge in [0.1, 0.15) is 0 Å². The summed E-state index contributed by atoms with van der Waals surface area (Å²) in [6.07, 6.45) is 0. The Bertz CT molecular complexity index is 11.7. The molecule has 6 heavy (non-hydrogen) atoms. The molecule has 0 aliphatic carbocycles. The van der Waals surface area contributed by atoms with Crippen LogP contribution in [0.1, 0.15) is 1.43 Å². The molecule has 0 rings (SSSR count). The van der Waals surface area contributed by atoms with E-state index in [4.69, 9.17) is 0 Å². The fourth-order valence-electron chi connectivity index (χ4n) is 0. The summed E-state index contributed by atoms with van der Waals surface area (Å²) >= 11 is 0.